The first-order valence-corrected chi connectivity index (χ1v) is 6.50. The molecule has 4 rings (SSSR count). The van der Waals surface area contributed by atoms with Gasteiger partial charge in [-0.2, -0.15) is 0 Å². The third-order valence-corrected chi connectivity index (χ3v) is 5.58. The van der Waals surface area contributed by atoms with Crippen molar-refractivity contribution in [2.45, 2.75) is 44.2 Å². The van der Waals surface area contributed by atoms with Gasteiger partial charge in [-0.1, -0.05) is 15.9 Å². The van der Waals surface area contributed by atoms with Gasteiger partial charge in [0.05, 0.1) is 0 Å². The molecule has 4 saturated carbocycles. The van der Waals surface area contributed by atoms with Crippen LogP contribution in [0.2, 0.25) is 0 Å². The van der Waals surface area contributed by atoms with E-state index in [-0.39, 0.29) is 0 Å². The summed E-state index contributed by atoms with van der Waals surface area (Å²) in [5.74, 6) is 1.42. The molecule has 0 heterocycles. The molecule has 2 unspecified atom stereocenters. The Balaban J connectivity index is 1.95. The minimum absolute atomic E-state index is 0.346. The standard InChI is InChI=1S/C11H16BrF/c12-7-10-2-8-1-9(3-10)5-11(13,4-8)6-10/h8-9H,1-7H2. The lowest BCUT2D eigenvalue weighted by molar-refractivity contribution is -0.112. The van der Waals surface area contributed by atoms with Crippen molar-refractivity contribution in [3.8, 4) is 0 Å². The number of rotatable bonds is 1. The third kappa shape index (κ3) is 1.20. The predicted octanol–water partition coefficient (Wildman–Crippen LogP) is 3.69. The van der Waals surface area contributed by atoms with Gasteiger partial charge < -0.3 is 0 Å². The van der Waals surface area contributed by atoms with Crippen LogP contribution in [0, 0.1) is 17.3 Å². The highest BCUT2D eigenvalue weighted by Crippen LogP contribution is 2.63. The Morgan fingerprint density at radius 3 is 2.23 bits per heavy atom. The van der Waals surface area contributed by atoms with Crippen LogP contribution in [0.3, 0.4) is 0 Å². The Morgan fingerprint density at radius 2 is 1.77 bits per heavy atom. The smallest absolute Gasteiger partial charge is 0.112 e. The van der Waals surface area contributed by atoms with E-state index in [1.54, 1.807) is 0 Å². The predicted molar refractivity (Wildman–Crippen MR) is 54.7 cm³/mol. The van der Waals surface area contributed by atoms with E-state index in [0.717, 1.165) is 24.6 Å². The summed E-state index contributed by atoms with van der Waals surface area (Å²) in [6, 6.07) is 0. The minimum Gasteiger partial charge on any atom is -0.244 e. The van der Waals surface area contributed by atoms with Crippen molar-refractivity contribution in [2.75, 3.05) is 5.33 Å². The minimum atomic E-state index is -0.766. The van der Waals surface area contributed by atoms with Gasteiger partial charge in [0, 0.05) is 5.33 Å². The van der Waals surface area contributed by atoms with Crippen LogP contribution in [0.5, 0.6) is 0 Å². The maximum Gasteiger partial charge on any atom is 0.112 e. The van der Waals surface area contributed by atoms with Gasteiger partial charge in [-0.25, -0.2) is 4.39 Å². The van der Waals surface area contributed by atoms with Gasteiger partial charge in [0.25, 0.3) is 0 Å². The molecule has 0 nitrogen and oxygen atoms in total. The first-order chi connectivity index (χ1) is 6.13. The van der Waals surface area contributed by atoms with Crippen molar-refractivity contribution in [2.24, 2.45) is 17.3 Å². The molecule has 0 aromatic carbocycles. The lowest BCUT2D eigenvalue weighted by atomic mass is 9.49. The molecular weight excluding hydrogens is 231 g/mol. The second-order valence-electron chi connectivity index (χ2n) is 5.75. The fourth-order valence-corrected chi connectivity index (χ4v) is 5.15. The highest BCUT2D eigenvalue weighted by atomic mass is 79.9. The summed E-state index contributed by atoms with van der Waals surface area (Å²) in [6.07, 6.45) is 6.50. The monoisotopic (exact) mass is 246 g/mol. The van der Waals surface area contributed by atoms with Crippen LogP contribution >= 0.6 is 15.9 Å². The normalized spacial score (nSPS) is 58.6. The summed E-state index contributed by atoms with van der Waals surface area (Å²) in [5.41, 5.74) is -0.420. The average molecular weight is 247 g/mol. The SMILES string of the molecule is FC12CC3CC(C1)CC(CBr)(C3)C2. The van der Waals surface area contributed by atoms with E-state index in [2.05, 4.69) is 15.9 Å². The fraction of sp³-hybridized carbons (Fsp3) is 1.00. The number of hydrogen-bond donors (Lipinski definition) is 0. The lowest BCUT2D eigenvalue weighted by Gasteiger charge is -2.58. The van der Waals surface area contributed by atoms with E-state index in [1.807, 2.05) is 0 Å². The zero-order valence-electron chi connectivity index (χ0n) is 7.86. The summed E-state index contributed by atoms with van der Waals surface area (Å²) in [7, 11) is 0. The Hall–Kier alpha value is 0.410. The third-order valence-electron chi connectivity index (χ3n) is 4.39. The van der Waals surface area contributed by atoms with Crippen molar-refractivity contribution in [3.05, 3.63) is 0 Å². The van der Waals surface area contributed by atoms with Gasteiger partial charge in [0.2, 0.25) is 0 Å². The topological polar surface area (TPSA) is 0 Å². The van der Waals surface area contributed by atoms with E-state index in [0.29, 0.717) is 17.3 Å². The summed E-state index contributed by atoms with van der Waals surface area (Å²) >= 11 is 3.60. The average Bonchev–Trinajstić information content (AvgIpc) is 1.99. The van der Waals surface area contributed by atoms with E-state index in [9.17, 15) is 4.39 Å². The first kappa shape index (κ1) is 8.70. The van der Waals surface area contributed by atoms with Crippen LogP contribution in [-0.4, -0.2) is 11.0 Å². The molecule has 4 aliphatic carbocycles. The molecule has 0 N–H and O–H groups in total. The molecular formula is C11H16BrF. The number of alkyl halides is 2. The molecule has 4 bridgehead atoms. The van der Waals surface area contributed by atoms with E-state index < -0.39 is 5.67 Å². The Kier molecular flexibility index (Phi) is 1.67. The van der Waals surface area contributed by atoms with E-state index >= 15 is 0 Å². The van der Waals surface area contributed by atoms with Gasteiger partial charge in [-0.3, -0.25) is 0 Å². The Morgan fingerprint density at radius 1 is 1.15 bits per heavy atom. The Labute approximate surface area is 87.4 Å². The van der Waals surface area contributed by atoms with Crippen LogP contribution < -0.4 is 0 Å². The molecule has 2 heteroatoms. The van der Waals surface area contributed by atoms with Crippen LogP contribution in [0.25, 0.3) is 0 Å². The molecule has 2 atom stereocenters. The highest BCUT2D eigenvalue weighted by Gasteiger charge is 2.57. The molecule has 0 amide bonds. The summed E-state index contributed by atoms with van der Waals surface area (Å²) in [6.45, 7) is 0. The molecule has 0 aliphatic heterocycles. The van der Waals surface area contributed by atoms with Crippen LogP contribution in [0.1, 0.15) is 38.5 Å². The quantitative estimate of drug-likeness (QED) is 0.620. The molecule has 13 heavy (non-hydrogen) atoms. The largest absolute Gasteiger partial charge is 0.244 e. The summed E-state index contributed by atoms with van der Waals surface area (Å²) < 4.78 is 14.3. The maximum absolute atomic E-state index is 14.3. The number of halogens is 2. The van der Waals surface area contributed by atoms with Gasteiger partial charge in [0.15, 0.2) is 0 Å². The zero-order chi connectivity index (χ0) is 9.10. The molecule has 4 fully saturated rings. The lowest BCUT2D eigenvalue weighted by Crippen LogP contribution is -2.54. The number of hydrogen-bond acceptors (Lipinski definition) is 0. The van der Waals surface area contributed by atoms with Crippen molar-refractivity contribution in [1.82, 2.24) is 0 Å². The Bertz CT molecular complexity index is 224. The highest BCUT2D eigenvalue weighted by molar-refractivity contribution is 9.09. The van der Waals surface area contributed by atoms with E-state index in [1.165, 1.54) is 19.3 Å². The second kappa shape index (κ2) is 2.50. The van der Waals surface area contributed by atoms with Crippen molar-refractivity contribution in [1.29, 1.82) is 0 Å². The molecule has 74 valence electrons. The van der Waals surface area contributed by atoms with Crippen LogP contribution in [0.15, 0.2) is 0 Å². The first-order valence-electron chi connectivity index (χ1n) is 5.38. The van der Waals surface area contributed by atoms with Crippen LogP contribution in [0.4, 0.5) is 4.39 Å². The maximum atomic E-state index is 14.3. The van der Waals surface area contributed by atoms with Gasteiger partial charge in [0.1, 0.15) is 5.67 Å². The summed E-state index contributed by atoms with van der Waals surface area (Å²) in [5, 5.41) is 1.03. The molecule has 0 spiro atoms. The molecule has 0 radical (unpaired) electrons. The molecule has 0 aromatic rings. The summed E-state index contributed by atoms with van der Waals surface area (Å²) in [4.78, 5) is 0. The fourth-order valence-electron chi connectivity index (χ4n) is 4.49. The van der Waals surface area contributed by atoms with Crippen molar-refractivity contribution >= 4 is 15.9 Å². The van der Waals surface area contributed by atoms with Crippen molar-refractivity contribution < 1.29 is 4.39 Å². The van der Waals surface area contributed by atoms with E-state index in [4.69, 9.17) is 0 Å². The van der Waals surface area contributed by atoms with Gasteiger partial charge in [-0.15, -0.1) is 0 Å². The van der Waals surface area contributed by atoms with Gasteiger partial charge in [-0.05, 0) is 55.8 Å². The van der Waals surface area contributed by atoms with Crippen LogP contribution in [-0.2, 0) is 0 Å². The molecule has 0 aromatic heterocycles. The second-order valence-corrected chi connectivity index (χ2v) is 6.31. The van der Waals surface area contributed by atoms with Gasteiger partial charge >= 0.3 is 0 Å². The molecule has 0 saturated heterocycles. The zero-order valence-corrected chi connectivity index (χ0v) is 9.45. The molecule has 4 aliphatic rings. The van der Waals surface area contributed by atoms with Crippen molar-refractivity contribution in [3.63, 3.8) is 0 Å².